The van der Waals surface area contributed by atoms with Gasteiger partial charge < -0.3 is 0 Å². The number of benzene rings is 1. The highest BCUT2D eigenvalue weighted by Crippen LogP contribution is 2.56. The number of hydrogen-bond donors (Lipinski definition) is 0. The first-order chi connectivity index (χ1) is 9.54. The summed E-state index contributed by atoms with van der Waals surface area (Å²) >= 11 is 0. The second kappa shape index (κ2) is 5.02. The summed E-state index contributed by atoms with van der Waals surface area (Å²) in [6, 6.07) is 8.42. The number of carbonyl (C=O) groups excluding carboxylic acids is 1. The molecule has 1 aromatic carbocycles. The maximum atomic E-state index is 12.6. The van der Waals surface area contributed by atoms with Crippen LogP contribution in [0.25, 0.3) is 0 Å². The Morgan fingerprint density at radius 1 is 1.10 bits per heavy atom. The Morgan fingerprint density at radius 2 is 1.65 bits per heavy atom. The van der Waals surface area contributed by atoms with Crippen molar-refractivity contribution in [2.45, 2.75) is 58.3 Å². The highest BCUT2D eigenvalue weighted by Gasteiger charge is 2.54. The molecular weight excluding hydrogens is 244 g/mol. The van der Waals surface area contributed by atoms with E-state index in [0.717, 1.165) is 12.0 Å². The van der Waals surface area contributed by atoms with Crippen molar-refractivity contribution in [2.24, 2.45) is 17.8 Å². The number of hydrogen-bond acceptors (Lipinski definition) is 1. The van der Waals surface area contributed by atoms with E-state index in [1.54, 1.807) is 0 Å². The molecule has 108 valence electrons. The minimum absolute atomic E-state index is 0.204. The van der Waals surface area contributed by atoms with Crippen LogP contribution in [0.5, 0.6) is 0 Å². The monoisotopic (exact) mass is 270 g/mol. The first-order valence-corrected chi connectivity index (χ1v) is 8.19. The van der Waals surface area contributed by atoms with Gasteiger partial charge >= 0.3 is 0 Å². The van der Waals surface area contributed by atoms with Crippen molar-refractivity contribution < 1.29 is 4.79 Å². The molecule has 2 fully saturated rings. The van der Waals surface area contributed by atoms with Gasteiger partial charge in [0.05, 0.1) is 0 Å². The zero-order valence-corrected chi connectivity index (χ0v) is 13.0. The fourth-order valence-corrected chi connectivity index (χ4v) is 3.86. The third-order valence-electron chi connectivity index (χ3n) is 5.79. The van der Waals surface area contributed by atoms with Crippen LogP contribution in [0, 0.1) is 17.8 Å². The molecule has 2 atom stereocenters. The molecule has 0 N–H and O–H groups in total. The van der Waals surface area contributed by atoms with Gasteiger partial charge in [-0.3, -0.25) is 4.79 Å². The molecule has 2 saturated carbocycles. The number of ketones is 1. The second-order valence-corrected chi connectivity index (χ2v) is 7.32. The van der Waals surface area contributed by atoms with Crippen LogP contribution in [-0.4, -0.2) is 5.78 Å². The van der Waals surface area contributed by atoms with E-state index in [1.165, 1.54) is 31.2 Å². The van der Waals surface area contributed by atoms with Crippen LogP contribution in [0.1, 0.15) is 68.8 Å². The molecule has 0 amide bonds. The maximum absolute atomic E-state index is 12.6. The van der Waals surface area contributed by atoms with Gasteiger partial charge in [0.2, 0.25) is 0 Å². The standard InChI is InChI=1S/C19H26O/c1-4-19(2,3)14-11-9-13(10-12-14)18(20)17-15-7-5-6-8-16(15)17/h9-12,15-17H,4-8H2,1-3H3. The molecule has 2 unspecified atom stereocenters. The summed E-state index contributed by atoms with van der Waals surface area (Å²) in [5.41, 5.74) is 2.47. The van der Waals surface area contributed by atoms with Crippen LogP contribution < -0.4 is 0 Å². The smallest absolute Gasteiger partial charge is 0.166 e. The Bertz CT molecular complexity index is 485. The number of Topliss-reactive ketones (excluding diaryl/α,β-unsaturated/α-hetero) is 1. The second-order valence-electron chi connectivity index (χ2n) is 7.32. The minimum Gasteiger partial charge on any atom is -0.294 e. The molecule has 0 spiro atoms. The third-order valence-corrected chi connectivity index (χ3v) is 5.79. The summed E-state index contributed by atoms with van der Waals surface area (Å²) in [5.74, 6) is 2.18. The molecule has 1 nitrogen and oxygen atoms in total. The van der Waals surface area contributed by atoms with Crippen molar-refractivity contribution in [3.05, 3.63) is 35.4 Å². The van der Waals surface area contributed by atoms with E-state index in [1.807, 2.05) is 0 Å². The third kappa shape index (κ3) is 2.32. The van der Waals surface area contributed by atoms with Crippen LogP contribution in [-0.2, 0) is 5.41 Å². The molecule has 2 aliphatic rings. The van der Waals surface area contributed by atoms with Gasteiger partial charge in [0.25, 0.3) is 0 Å². The van der Waals surface area contributed by atoms with Crippen LogP contribution in [0.2, 0.25) is 0 Å². The Labute approximate surface area is 122 Å². The molecule has 2 aliphatic carbocycles. The summed E-state index contributed by atoms with van der Waals surface area (Å²) in [6.07, 6.45) is 6.33. The van der Waals surface area contributed by atoms with Gasteiger partial charge in [0.15, 0.2) is 5.78 Å². The molecule has 0 saturated heterocycles. The first-order valence-electron chi connectivity index (χ1n) is 8.19. The fourth-order valence-electron chi connectivity index (χ4n) is 3.86. The Kier molecular flexibility index (Phi) is 3.48. The highest BCUT2D eigenvalue weighted by atomic mass is 16.1. The Morgan fingerprint density at radius 3 is 2.15 bits per heavy atom. The van der Waals surface area contributed by atoms with Crippen molar-refractivity contribution in [3.63, 3.8) is 0 Å². The van der Waals surface area contributed by atoms with Gasteiger partial charge in [0.1, 0.15) is 0 Å². The van der Waals surface area contributed by atoms with Crippen molar-refractivity contribution in [3.8, 4) is 0 Å². The largest absolute Gasteiger partial charge is 0.294 e. The van der Waals surface area contributed by atoms with Gasteiger partial charge in [-0.1, -0.05) is 57.9 Å². The lowest BCUT2D eigenvalue weighted by Gasteiger charge is -2.23. The lowest BCUT2D eigenvalue weighted by atomic mass is 9.82. The van der Waals surface area contributed by atoms with Gasteiger partial charge in [-0.2, -0.15) is 0 Å². The van der Waals surface area contributed by atoms with Crippen molar-refractivity contribution in [1.82, 2.24) is 0 Å². The summed E-state index contributed by atoms with van der Waals surface area (Å²) in [4.78, 5) is 12.6. The zero-order valence-electron chi connectivity index (χ0n) is 13.0. The van der Waals surface area contributed by atoms with Crippen molar-refractivity contribution >= 4 is 5.78 Å². The average molecular weight is 270 g/mol. The molecule has 0 bridgehead atoms. The van der Waals surface area contributed by atoms with E-state index in [2.05, 4.69) is 45.0 Å². The topological polar surface area (TPSA) is 17.1 Å². The minimum atomic E-state index is 0.204. The first kappa shape index (κ1) is 13.9. The highest BCUT2D eigenvalue weighted by molar-refractivity contribution is 6.00. The maximum Gasteiger partial charge on any atom is 0.166 e. The van der Waals surface area contributed by atoms with E-state index in [0.29, 0.717) is 23.5 Å². The number of rotatable bonds is 4. The Balaban J connectivity index is 1.74. The van der Waals surface area contributed by atoms with E-state index in [4.69, 9.17) is 0 Å². The molecule has 0 heterocycles. The zero-order chi connectivity index (χ0) is 14.3. The molecule has 0 aliphatic heterocycles. The summed E-state index contributed by atoms with van der Waals surface area (Å²) in [6.45, 7) is 6.74. The van der Waals surface area contributed by atoms with E-state index in [9.17, 15) is 4.79 Å². The SMILES string of the molecule is CCC(C)(C)c1ccc(C(=O)C2C3CCCCC32)cc1. The van der Waals surface area contributed by atoms with E-state index >= 15 is 0 Å². The molecule has 0 aromatic heterocycles. The van der Waals surface area contributed by atoms with Gasteiger partial charge in [0, 0.05) is 11.5 Å². The van der Waals surface area contributed by atoms with Gasteiger partial charge in [-0.05, 0) is 42.1 Å². The quantitative estimate of drug-likeness (QED) is 0.704. The summed E-state index contributed by atoms with van der Waals surface area (Å²) < 4.78 is 0. The van der Waals surface area contributed by atoms with Crippen LogP contribution in [0.4, 0.5) is 0 Å². The fraction of sp³-hybridized carbons (Fsp3) is 0.632. The molecule has 3 rings (SSSR count). The van der Waals surface area contributed by atoms with Crippen LogP contribution >= 0.6 is 0 Å². The normalized spacial score (nSPS) is 28.9. The molecular formula is C19H26O. The van der Waals surface area contributed by atoms with Crippen LogP contribution in [0.3, 0.4) is 0 Å². The lowest BCUT2D eigenvalue weighted by Crippen LogP contribution is -2.15. The van der Waals surface area contributed by atoms with Crippen molar-refractivity contribution in [2.75, 3.05) is 0 Å². The molecule has 0 radical (unpaired) electrons. The molecule has 1 aromatic rings. The van der Waals surface area contributed by atoms with Crippen molar-refractivity contribution in [1.29, 1.82) is 0 Å². The predicted molar refractivity (Wildman–Crippen MR) is 83.0 cm³/mol. The summed E-state index contributed by atoms with van der Waals surface area (Å²) in [7, 11) is 0. The number of fused-ring (bicyclic) bond motifs is 1. The van der Waals surface area contributed by atoms with E-state index < -0.39 is 0 Å². The average Bonchev–Trinajstić information content (AvgIpc) is 3.21. The summed E-state index contributed by atoms with van der Waals surface area (Å²) in [5, 5.41) is 0. The Hall–Kier alpha value is -1.11. The predicted octanol–water partition coefficient (Wildman–Crippen LogP) is 4.99. The number of carbonyl (C=O) groups is 1. The van der Waals surface area contributed by atoms with Gasteiger partial charge in [-0.25, -0.2) is 0 Å². The lowest BCUT2D eigenvalue weighted by molar-refractivity contribution is 0.0956. The van der Waals surface area contributed by atoms with Gasteiger partial charge in [-0.15, -0.1) is 0 Å². The van der Waals surface area contributed by atoms with E-state index in [-0.39, 0.29) is 5.41 Å². The van der Waals surface area contributed by atoms with Crippen LogP contribution in [0.15, 0.2) is 24.3 Å². The molecule has 20 heavy (non-hydrogen) atoms. The molecule has 1 heteroatoms.